The highest BCUT2D eigenvalue weighted by molar-refractivity contribution is 7.94. The number of nitrogens with one attached hydrogen (secondary N) is 2. The molecule has 0 saturated heterocycles. The first-order valence-electron chi connectivity index (χ1n) is 9.93. The number of anilines is 3. The van der Waals surface area contributed by atoms with Gasteiger partial charge in [0.05, 0.1) is 4.75 Å². The van der Waals surface area contributed by atoms with E-state index in [1.807, 2.05) is 19.1 Å². The molecule has 0 aliphatic carbocycles. The molecule has 0 aromatic heterocycles. The van der Waals surface area contributed by atoms with E-state index in [9.17, 15) is 13.2 Å². The lowest BCUT2D eigenvalue weighted by Crippen LogP contribution is -2.33. The largest absolute Gasteiger partial charge is 0.364 e. The number of sulfonamides is 1. The van der Waals surface area contributed by atoms with Gasteiger partial charge >= 0.3 is 0 Å². The highest BCUT2D eigenvalue weighted by atomic mass is 32.2. The van der Waals surface area contributed by atoms with Crippen molar-refractivity contribution >= 4 is 33.0 Å². The van der Waals surface area contributed by atoms with Crippen LogP contribution in [-0.4, -0.2) is 32.2 Å². The van der Waals surface area contributed by atoms with E-state index in [0.29, 0.717) is 11.3 Å². The van der Waals surface area contributed by atoms with Crippen LogP contribution in [-0.2, 0) is 10.0 Å². The second kappa shape index (κ2) is 8.14. The Morgan fingerprint density at radius 1 is 0.933 bits per heavy atom. The van der Waals surface area contributed by atoms with Crippen molar-refractivity contribution in [2.75, 3.05) is 28.0 Å². The summed E-state index contributed by atoms with van der Waals surface area (Å²) in [6.07, 6.45) is 4.30. The number of hydrogen-bond acceptors (Lipinski definition) is 4. The minimum atomic E-state index is -3.51. The molecule has 30 heavy (non-hydrogen) atoms. The fourth-order valence-corrected chi connectivity index (χ4v) is 3.90. The third kappa shape index (κ3) is 4.51. The fraction of sp³-hybridized carbons (Fsp3) is 0.348. The van der Waals surface area contributed by atoms with Gasteiger partial charge in [0.15, 0.2) is 0 Å². The first kappa shape index (κ1) is 21.9. The maximum atomic E-state index is 12.7. The molecule has 3 rings (SSSR count). The lowest BCUT2D eigenvalue weighted by molar-refractivity contribution is 0.102. The second-order valence-electron chi connectivity index (χ2n) is 8.51. The van der Waals surface area contributed by atoms with Crippen molar-refractivity contribution in [2.24, 2.45) is 0 Å². The predicted octanol–water partition coefficient (Wildman–Crippen LogP) is 4.47. The lowest BCUT2D eigenvalue weighted by Gasteiger charge is -2.23. The summed E-state index contributed by atoms with van der Waals surface area (Å²) in [7, 11) is -3.51. The molecule has 7 heteroatoms. The summed E-state index contributed by atoms with van der Waals surface area (Å²) in [4.78, 5) is 15.0. The van der Waals surface area contributed by atoms with Gasteiger partial charge in [-0.25, -0.2) is 8.42 Å². The zero-order valence-electron chi connectivity index (χ0n) is 18.1. The van der Waals surface area contributed by atoms with Crippen LogP contribution >= 0.6 is 0 Å². The van der Waals surface area contributed by atoms with Crippen LogP contribution in [0.2, 0.25) is 0 Å². The summed E-state index contributed by atoms with van der Waals surface area (Å²) in [5.74, 6) is -0.238. The molecular formula is C23H29N3O3S. The average molecular weight is 428 g/mol. The van der Waals surface area contributed by atoms with E-state index in [2.05, 4.69) is 34.0 Å². The monoisotopic (exact) mass is 427 g/mol. The number of amides is 1. The molecule has 0 radical (unpaired) electrons. The normalized spacial score (nSPS) is 14.1. The summed E-state index contributed by atoms with van der Waals surface area (Å²) in [5, 5.41) is 2.97. The van der Waals surface area contributed by atoms with Crippen LogP contribution in [0.1, 0.15) is 42.3 Å². The van der Waals surface area contributed by atoms with Crippen molar-refractivity contribution in [3.63, 3.8) is 0 Å². The molecule has 2 N–H and O–H groups in total. The van der Waals surface area contributed by atoms with Gasteiger partial charge in [0.1, 0.15) is 0 Å². The molecule has 1 aliphatic rings. The van der Waals surface area contributed by atoms with E-state index in [4.69, 9.17) is 0 Å². The van der Waals surface area contributed by atoms with Crippen molar-refractivity contribution < 1.29 is 13.2 Å². The van der Waals surface area contributed by atoms with Crippen molar-refractivity contribution in [3.8, 4) is 0 Å². The summed E-state index contributed by atoms with van der Waals surface area (Å²) in [5.41, 5.74) is 5.00. The van der Waals surface area contributed by atoms with Gasteiger partial charge in [-0.15, -0.1) is 0 Å². The molecule has 6 nitrogen and oxygen atoms in total. The smallest absolute Gasteiger partial charge is 0.255 e. The second-order valence-corrected chi connectivity index (χ2v) is 10.9. The fourth-order valence-electron chi connectivity index (χ4n) is 3.15. The maximum Gasteiger partial charge on any atom is 0.255 e. The zero-order chi connectivity index (χ0) is 22.1. The molecule has 0 saturated carbocycles. The van der Waals surface area contributed by atoms with Gasteiger partial charge in [-0.3, -0.25) is 9.52 Å². The maximum absolute atomic E-state index is 12.7. The molecule has 0 atom stereocenters. The Hall–Kier alpha value is -2.80. The van der Waals surface area contributed by atoms with E-state index in [1.165, 1.54) is 5.69 Å². The Balaban J connectivity index is 1.73. The van der Waals surface area contributed by atoms with Gasteiger partial charge in [0, 0.05) is 35.7 Å². The first-order valence-corrected chi connectivity index (χ1v) is 11.4. The van der Waals surface area contributed by atoms with Gasteiger partial charge in [-0.05, 0) is 82.1 Å². The van der Waals surface area contributed by atoms with Crippen LogP contribution in [0.15, 0.2) is 48.6 Å². The summed E-state index contributed by atoms with van der Waals surface area (Å²) in [6.45, 7) is 10.8. The molecule has 0 spiro atoms. The van der Waals surface area contributed by atoms with Crippen LogP contribution in [0.25, 0.3) is 0 Å². The molecule has 2 aromatic carbocycles. The van der Waals surface area contributed by atoms with Crippen LogP contribution < -0.4 is 14.9 Å². The lowest BCUT2D eigenvalue weighted by atomic mass is 10.0. The van der Waals surface area contributed by atoms with Crippen LogP contribution in [0.4, 0.5) is 17.1 Å². The molecule has 2 aromatic rings. The summed E-state index contributed by atoms with van der Waals surface area (Å²) >= 11 is 0. The van der Waals surface area contributed by atoms with E-state index in [1.54, 1.807) is 45.0 Å². The van der Waals surface area contributed by atoms with Crippen LogP contribution in [0.5, 0.6) is 0 Å². The van der Waals surface area contributed by atoms with E-state index >= 15 is 0 Å². The Morgan fingerprint density at radius 2 is 1.53 bits per heavy atom. The van der Waals surface area contributed by atoms with Crippen molar-refractivity contribution in [3.05, 3.63) is 65.2 Å². The molecule has 1 amide bonds. The Bertz CT molecular complexity index is 1070. The van der Waals surface area contributed by atoms with E-state index in [0.717, 1.165) is 29.9 Å². The van der Waals surface area contributed by atoms with Crippen molar-refractivity contribution in [1.29, 1.82) is 0 Å². The molecule has 0 fully saturated rings. The van der Waals surface area contributed by atoms with Crippen LogP contribution in [0.3, 0.4) is 0 Å². The first-order chi connectivity index (χ1) is 14.0. The summed E-state index contributed by atoms with van der Waals surface area (Å²) in [6, 6.07) is 10.4. The highest BCUT2D eigenvalue weighted by Gasteiger charge is 2.28. The topological polar surface area (TPSA) is 78.5 Å². The third-order valence-corrected chi connectivity index (χ3v) is 7.49. The average Bonchev–Trinajstić information content (AvgIpc) is 3.19. The molecule has 0 bridgehead atoms. The van der Waals surface area contributed by atoms with Gasteiger partial charge < -0.3 is 10.2 Å². The van der Waals surface area contributed by atoms with Crippen LogP contribution in [0, 0.1) is 13.8 Å². The van der Waals surface area contributed by atoms with Gasteiger partial charge in [-0.2, -0.15) is 0 Å². The number of rotatable bonds is 5. The molecule has 160 valence electrons. The van der Waals surface area contributed by atoms with Gasteiger partial charge in [0.25, 0.3) is 5.91 Å². The highest BCUT2D eigenvalue weighted by Crippen LogP contribution is 2.30. The Morgan fingerprint density at radius 3 is 2.10 bits per heavy atom. The number of nitrogens with zero attached hydrogens (tertiary/aromatic N) is 1. The number of benzene rings is 2. The molecular weight excluding hydrogens is 398 g/mol. The van der Waals surface area contributed by atoms with E-state index < -0.39 is 14.8 Å². The minimum Gasteiger partial charge on any atom is -0.364 e. The standard InChI is InChI=1S/C23H29N3O3S/c1-16-17(2)21(26-14-6-7-15-26)13-12-20(16)24-22(27)18-8-10-19(11-9-18)25-30(28,29)23(3,4)5/h6-13,25H,14-15H2,1-5H3,(H,24,27). The number of carbonyl (C=O) groups excluding carboxylic acids is 1. The molecule has 1 aliphatic heterocycles. The molecule has 0 unspecified atom stereocenters. The Kier molecular flexibility index (Phi) is 5.94. The Labute approximate surface area is 179 Å². The van der Waals surface area contributed by atoms with Gasteiger partial charge in [0.2, 0.25) is 10.0 Å². The number of hydrogen-bond donors (Lipinski definition) is 2. The minimum absolute atomic E-state index is 0.238. The predicted molar refractivity (Wildman–Crippen MR) is 124 cm³/mol. The summed E-state index contributed by atoms with van der Waals surface area (Å²) < 4.78 is 26.2. The van der Waals surface area contributed by atoms with E-state index in [-0.39, 0.29) is 5.91 Å². The van der Waals surface area contributed by atoms with Gasteiger partial charge in [-0.1, -0.05) is 12.2 Å². The third-order valence-electron chi connectivity index (χ3n) is 5.37. The van der Waals surface area contributed by atoms with Crippen molar-refractivity contribution in [2.45, 2.75) is 39.4 Å². The zero-order valence-corrected chi connectivity index (χ0v) is 18.9. The number of carbonyl (C=O) groups is 1. The molecule has 1 heterocycles. The SMILES string of the molecule is Cc1c(NC(=O)c2ccc(NS(=O)(=O)C(C)(C)C)cc2)ccc(N2CC=CC2)c1C. The van der Waals surface area contributed by atoms with Crippen molar-refractivity contribution in [1.82, 2.24) is 0 Å². The quantitative estimate of drug-likeness (QED) is 0.690.